The molecule has 0 saturated carbocycles. The molecule has 0 atom stereocenters. The molecule has 0 aliphatic heterocycles. The number of benzene rings is 1. The molecule has 0 amide bonds. The predicted molar refractivity (Wildman–Crippen MR) is 108 cm³/mol. The first-order valence-electron chi connectivity index (χ1n) is 8.72. The van der Waals surface area contributed by atoms with Gasteiger partial charge >= 0.3 is 8.32 Å². The molecule has 134 valence electrons. The number of allylic oxidation sites excluding steroid dienone is 2. The van der Waals surface area contributed by atoms with Gasteiger partial charge in [0.1, 0.15) is 12.2 Å². The highest BCUT2D eigenvalue weighted by atomic mass is 35.5. The van der Waals surface area contributed by atoms with E-state index in [0.29, 0.717) is 17.2 Å². The van der Waals surface area contributed by atoms with Crippen LogP contribution in [0.1, 0.15) is 63.6 Å². The number of carbonyl (C=O) groups excluding carboxylic acids is 1. The molecule has 0 saturated heterocycles. The molecule has 24 heavy (non-hydrogen) atoms. The largest absolute Gasteiger partial charge is 0.517 e. The molecular formula is C20H32ClO2Si+. The summed E-state index contributed by atoms with van der Waals surface area (Å²) in [6, 6.07) is 7.67. The number of hydrogen-bond donors (Lipinski definition) is 1. The Morgan fingerprint density at radius 3 is 2.00 bits per heavy atom. The molecule has 0 radical (unpaired) electrons. The van der Waals surface area contributed by atoms with E-state index < -0.39 is 8.32 Å². The molecule has 0 aliphatic carbocycles. The summed E-state index contributed by atoms with van der Waals surface area (Å²) in [6.45, 7) is 15.3. The zero-order chi connectivity index (χ0) is 18.5. The van der Waals surface area contributed by atoms with Crippen molar-refractivity contribution in [1.82, 2.24) is 0 Å². The molecule has 1 rings (SSSR count). The highest BCUT2D eigenvalue weighted by Gasteiger charge is 2.51. The molecule has 0 fully saturated rings. The van der Waals surface area contributed by atoms with Crippen LogP contribution in [0.4, 0.5) is 0 Å². The standard InChI is InChI=1S/C20H31ClO2Si/c1-8-15(9-2)18(22)14-19(16-10-12-17(21)13-11-16)23-24(6,7)20(3,4)5/h10-13H,8-9,14H2,1-7H3/p+1. The van der Waals surface area contributed by atoms with Gasteiger partial charge in [0, 0.05) is 23.2 Å². The number of ketones is 1. The highest BCUT2D eigenvalue weighted by molar-refractivity contribution is 6.72. The van der Waals surface area contributed by atoms with E-state index in [0.717, 1.165) is 29.8 Å². The number of aliphatic hydroxyl groups excluding tert-OH is 1. The summed E-state index contributed by atoms with van der Waals surface area (Å²) >= 11 is 6.02. The molecule has 1 aromatic rings. The Morgan fingerprint density at radius 1 is 1.08 bits per heavy atom. The van der Waals surface area contributed by atoms with Crippen LogP contribution >= 0.6 is 11.6 Å². The second kappa shape index (κ2) is 8.35. The van der Waals surface area contributed by atoms with Gasteiger partial charge in [-0.2, -0.15) is 0 Å². The van der Waals surface area contributed by atoms with Crippen molar-refractivity contribution < 1.29 is 9.22 Å². The van der Waals surface area contributed by atoms with Crippen LogP contribution in [-0.4, -0.2) is 19.2 Å². The van der Waals surface area contributed by atoms with Gasteiger partial charge < -0.3 is 9.22 Å². The number of aliphatic hydroxyl groups is 1. The average molecular weight is 368 g/mol. The summed E-state index contributed by atoms with van der Waals surface area (Å²) in [6.07, 6.45) is 2.15. The summed E-state index contributed by atoms with van der Waals surface area (Å²) < 4.78 is 6.56. The van der Waals surface area contributed by atoms with Gasteiger partial charge in [0.2, 0.25) is 0 Å². The van der Waals surface area contributed by atoms with Crippen LogP contribution in [0.2, 0.25) is 23.2 Å². The lowest BCUT2D eigenvalue weighted by Gasteiger charge is -2.22. The van der Waals surface area contributed by atoms with Gasteiger partial charge in [0.15, 0.2) is 0 Å². The van der Waals surface area contributed by atoms with Gasteiger partial charge in [-0.25, -0.2) is 0 Å². The topological polar surface area (TPSA) is 31.5 Å². The zero-order valence-electron chi connectivity index (χ0n) is 16.2. The van der Waals surface area contributed by atoms with Crippen molar-refractivity contribution in [2.45, 2.75) is 72.0 Å². The van der Waals surface area contributed by atoms with Crippen LogP contribution in [0.15, 0.2) is 35.6 Å². The maximum absolute atomic E-state index is 10.6. The highest BCUT2D eigenvalue weighted by Crippen LogP contribution is 2.37. The Kier molecular flexibility index (Phi) is 7.30. The molecule has 0 aliphatic rings. The minimum atomic E-state index is -1.99. The zero-order valence-corrected chi connectivity index (χ0v) is 17.9. The van der Waals surface area contributed by atoms with Crippen molar-refractivity contribution in [3.63, 3.8) is 0 Å². The number of hydrogen-bond acceptors (Lipinski definition) is 1. The minimum absolute atomic E-state index is 0.0996. The van der Waals surface area contributed by atoms with Gasteiger partial charge in [0.05, 0.1) is 5.56 Å². The van der Waals surface area contributed by atoms with E-state index in [1.165, 1.54) is 0 Å². The number of rotatable bonds is 6. The van der Waals surface area contributed by atoms with Crippen molar-refractivity contribution in [3.8, 4) is 0 Å². The van der Waals surface area contributed by atoms with E-state index in [4.69, 9.17) is 15.7 Å². The van der Waals surface area contributed by atoms with E-state index in [1.54, 1.807) is 0 Å². The third-order valence-electron chi connectivity index (χ3n) is 4.94. The second-order valence-electron chi connectivity index (χ2n) is 7.73. The van der Waals surface area contributed by atoms with Gasteiger partial charge in [-0.05, 0) is 42.7 Å². The van der Waals surface area contributed by atoms with Crippen molar-refractivity contribution in [2.75, 3.05) is 0 Å². The molecule has 0 heterocycles. The Hall–Kier alpha value is -1.06. The van der Waals surface area contributed by atoms with Crippen LogP contribution in [0.5, 0.6) is 0 Å². The van der Waals surface area contributed by atoms with Crippen LogP contribution < -0.4 is 0 Å². The van der Waals surface area contributed by atoms with E-state index in [2.05, 4.69) is 47.7 Å². The lowest BCUT2D eigenvalue weighted by atomic mass is 10.0. The lowest BCUT2D eigenvalue weighted by Crippen LogP contribution is -2.37. The molecule has 1 aromatic carbocycles. The molecule has 0 bridgehead atoms. The Bertz CT molecular complexity index is 602. The van der Waals surface area contributed by atoms with E-state index in [9.17, 15) is 5.11 Å². The quantitative estimate of drug-likeness (QED) is 0.247. The molecule has 2 nitrogen and oxygen atoms in total. The third kappa shape index (κ3) is 5.49. The van der Waals surface area contributed by atoms with Gasteiger partial charge in [0.25, 0.3) is 5.78 Å². The van der Waals surface area contributed by atoms with E-state index >= 15 is 0 Å². The Balaban J connectivity index is 3.38. The SMILES string of the molecule is CCC(CC)=C(O)CC(=[O+][Si](C)(C)C(C)(C)C)c1ccc(Cl)cc1. The fraction of sp³-hybridized carbons (Fsp3) is 0.550. The van der Waals surface area contributed by atoms with Gasteiger partial charge in [-0.15, -0.1) is 0 Å². The lowest BCUT2D eigenvalue weighted by molar-refractivity contribution is -0.113. The summed E-state index contributed by atoms with van der Waals surface area (Å²) in [5.41, 5.74) is 2.07. The first kappa shape index (κ1) is 21.0. The van der Waals surface area contributed by atoms with Crippen molar-refractivity contribution in [3.05, 3.63) is 46.2 Å². The van der Waals surface area contributed by atoms with Crippen LogP contribution in [-0.2, 0) is 0 Å². The molecule has 0 aromatic heterocycles. The molecular weight excluding hydrogens is 336 g/mol. The Labute approximate surface area is 153 Å². The summed E-state index contributed by atoms with van der Waals surface area (Å²) in [5, 5.41) is 11.4. The van der Waals surface area contributed by atoms with E-state index in [1.807, 2.05) is 24.3 Å². The first-order valence-corrected chi connectivity index (χ1v) is 12.0. The van der Waals surface area contributed by atoms with Crippen LogP contribution in [0.3, 0.4) is 0 Å². The van der Waals surface area contributed by atoms with E-state index in [-0.39, 0.29) is 5.04 Å². The summed E-state index contributed by atoms with van der Waals surface area (Å²) in [4.78, 5) is 0. The summed E-state index contributed by atoms with van der Waals surface area (Å²) in [5.74, 6) is 1.28. The fourth-order valence-corrected chi connectivity index (χ4v) is 3.47. The van der Waals surface area contributed by atoms with Crippen LogP contribution in [0.25, 0.3) is 0 Å². The summed E-state index contributed by atoms with van der Waals surface area (Å²) in [7, 11) is -1.99. The number of halogens is 1. The maximum atomic E-state index is 10.6. The van der Waals surface area contributed by atoms with Crippen molar-refractivity contribution in [1.29, 1.82) is 0 Å². The molecule has 4 heteroatoms. The molecule has 1 N–H and O–H groups in total. The first-order chi connectivity index (χ1) is 11.0. The monoisotopic (exact) mass is 367 g/mol. The normalized spacial score (nSPS) is 13.1. The van der Waals surface area contributed by atoms with Crippen LogP contribution in [0, 0.1) is 0 Å². The molecule has 0 unspecified atom stereocenters. The predicted octanol–water partition coefficient (Wildman–Crippen LogP) is 7.09. The third-order valence-corrected chi connectivity index (χ3v) is 9.56. The Morgan fingerprint density at radius 2 is 1.58 bits per heavy atom. The fourth-order valence-electron chi connectivity index (χ4n) is 2.23. The smallest absolute Gasteiger partial charge is 0.512 e. The van der Waals surface area contributed by atoms with Crippen molar-refractivity contribution in [2.24, 2.45) is 0 Å². The van der Waals surface area contributed by atoms with Gasteiger partial charge in [-0.3, -0.25) is 0 Å². The maximum Gasteiger partial charge on any atom is 0.517 e. The second-order valence-corrected chi connectivity index (χ2v) is 12.9. The van der Waals surface area contributed by atoms with Gasteiger partial charge in [-0.1, -0.05) is 46.2 Å². The molecule has 0 spiro atoms. The van der Waals surface area contributed by atoms with Crippen molar-refractivity contribution >= 4 is 25.7 Å². The average Bonchev–Trinajstić information content (AvgIpc) is 2.47. The minimum Gasteiger partial charge on any atom is -0.512 e.